The summed E-state index contributed by atoms with van der Waals surface area (Å²) >= 11 is 0. The lowest BCUT2D eigenvalue weighted by Gasteiger charge is -2.10. The third kappa shape index (κ3) is 4.12. The molecule has 0 bridgehead atoms. The Balaban J connectivity index is 2.71. The van der Waals surface area contributed by atoms with Gasteiger partial charge in [0.2, 0.25) is 6.86 Å². The van der Waals surface area contributed by atoms with Crippen LogP contribution in [0.2, 0.25) is 0 Å². The summed E-state index contributed by atoms with van der Waals surface area (Å²) in [5, 5.41) is 0. The van der Waals surface area contributed by atoms with Crippen molar-refractivity contribution in [2.45, 2.75) is 6.18 Å². The van der Waals surface area contributed by atoms with Crippen molar-refractivity contribution in [1.82, 2.24) is 5.48 Å². The molecule has 9 heteroatoms. The first-order valence-corrected chi connectivity index (χ1v) is 4.72. The number of halogens is 4. The van der Waals surface area contributed by atoms with Crippen LogP contribution in [0.4, 0.5) is 17.6 Å². The number of para-hydroxylation sites is 1. The molecule has 1 amide bonds. The van der Waals surface area contributed by atoms with Gasteiger partial charge in [-0.1, -0.05) is 12.1 Å². The maximum atomic E-state index is 12.0. The number of carbonyl (C=O) groups excluding carboxylic acids is 2. The third-order valence-corrected chi connectivity index (χ3v) is 1.81. The third-order valence-electron chi connectivity index (χ3n) is 1.81. The molecule has 0 saturated carbocycles. The Morgan fingerprint density at radius 1 is 1.21 bits per heavy atom. The zero-order valence-electron chi connectivity index (χ0n) is 9.16. The van der Waals surface area contributed by atoms with E-state index >= 15 is 0 Å². The van der Waals surface area contributed by atoms with Gasteiger partial charge in [0.05, 0.1) is 5.56 Å². The Labute approximate surface area is 104 Å². The maximum absolute atomic E-state index is 12.0. The van der Waals surface area contributed by atoms with Gasteiger partial charge in [-0.3, -0.25) is 4.79 Å². The van der Waals surface area contributed by atoms with E-state index in [2.05, 4.69) is 9.57 Å². The van der Waals surface area contributed by atoms with Gasteiger partial charge in [-0.25, -0.2) is 9.18 Å². The predicted octanol–water partition coefficient (Wildman–Crippen LogP) is 1.74. The highest BCUT2D eigenvalue weighted by Gasteiger charge is 2.42. The molecule has 0 aliphatic heterocycles. The van der Waals surface area contributed by atoms with Crippen molar-refractivity contribution in [2.75, 3.05) is 6.86 Å². The molecule has 0 unspecified atom stereocenters. The van der Waals surface area contributed by atoms with E-state index in [1.807, 2.05) is 0 Å². The van der Waals surface area contributed by atoms with Gasteiger partial charge in [-0.05, 0) is 12.1 Å². The second-order valence-corrected chi connectivity index (χ2v) is 3.07. The number of hydrogen-bond acceptors (Lipinski definition) is 4. The average molecular weight is 281 g/mol. The van der Waals surface area contributed by atoms with Gasteiger partial charge >= 0.3 is 12.1 Å². The molecule has 104 valence electrons. The van der Waals surface area contributed by atoms with Crippen molar-refractivity contribution in [3.8, 4) is 5.75 Å². The normalized spacial score (nSPS) is 10.7. The van der Waals surface area contributed by atoms with E-state index in [1.165, 1.54) is 23.7 Å². The number of nitrogens with one attached hydrogen (secondary N) is 1. The van der Waals surface area contributed by atoms with Crippen LogP contribution in [0.25, 0.3) is 0 Å². The minimum absolute atomic E-state index is 0.203. The van der Waals surface area contributed by atoms with E-state index in [0.29, 0.717) is 0 Å². The van der Waals surface area contributed by atoms with Crippen LogP contribution >= 0.6 is 0 Å². The van der Waals surface area contributed by atoms with Crippen LogP contribution in [-0.2, 0) is 9.63 Å². The molecule has 1 aromatic carbocycles. The average Bonchev–Trinajstić information content (AvgIpc) is 2.35. The van der Waals surface area contributed by atoms with Gasteiger partial charge in [0, 0.05) is 0 Å². The molecule has 19 heavy (non-hydrogen) atoms. The second kappa shape index (κ2) is 6.03. The summed E-state index contributed by atoms with van der Waals surface area (Å²) in [6.07, 6.45) is -5.23. The lowest BCUT2D eigenvalue weighted by Crippen LogP contribution is -2.34. The molecule has 0 spiro atoms. The zero-order valence-corrected chi connectivity index (χ0v) is 9.16. The fraction of sp³-hybridized carbons (Fsp3) is 0.200. The van der Waals surface area contributed by atoms with Crippen LogP contribution in [0.3, 0.4) is 0 Å². The number of carbonyl (C=O) groups is 2. The molecule has 0 aliphatic carbocycles. The van der Waals surface area contributed by atoms with Crippen LogP contribution in [0.5, 0.6) is 5.75 Å². The largest absolute Gasteiger partial charge is 0.493 e. The Kier molecular flexibility index (Phi) is 4.67. The quantitative estimate of drug-likeness (QED) is 0.677. The minimum Gasteiger partial charge on any atom is -0.462 e. The fourth-order valence-corrected chi connectivity index (χ4v) is 1.04. The summed E-state index contributed by atoms with van der Waals surface area (Å²) in [6.45, 7) is -1.23. The lowest BCUT2D eigenvalue weighted by molar-refractivity contribution is -0.204. The standard InChI is InChI=1S/C10H7F4NO4/c11-5-18-7-4-2-1-3-6(7)8(16)15-19-9(17)10(12,13)14/h1-4H,5H2,(H,15,16). The van der Waals surface area contributed by atoms with E-state index in [4.69, 9.17) is 0 Å². The molecule has 5 nitrogen and oxygen atoms in total. The van der Waals surface area contributed by atoms with Crippen LogP contribution in [-0.4, -0.2) is 24.9 Å². The highest BCUT2D eigenvalue weighted by Crippen LogP contribution is 2.19. The Morgan fingerprint density at radius 2 is 1.84 bits per heavy atom. The first kappa shape index (κ1) is 14.7. The zero-order chi connectivity index (χ0) is 14.5. The van der Waals surface area contributed by atoms with Crippen LogP contribution in [0.15, 0.2) is 24.3 Å². The number of alkyl halides is 4. The van der Waals surface area contributed by atoms with E-state index in [1.54, 1.807) is 0 Å². The molecule has 0 saturated heterocycles. The lowest BCUT2D eigenvalue weighted by atomic mass is 10.2. The van der Waals surface area contributed by atoms with Crippen molar-refractivity contribution in [2.24, 2.45) is 0 Å². The van der Waals surface area contributed by atoms with Crippen molar-refractivity contribution >= 4 is 11.9 Å². The highest BCUT2D eigenvalue weighted by molar-refractivity contribution is 5.97. The van der Waals surface area contributed by atoms with Crippen molar-refractivity contribution < 1.29 is 36.7 Å². The van der Waals surface area contributed by atoms with Gasteiger partial charge in [0.25, 0.3) is 5.91 Å². The molecule has 1 rings (SSSR count). The van der Waals surface area contributed by atoms with Crippen LogP contribution < -0.4 is 10.2 Å². The van der Waals surface area contributed by atoms with Crippen molar-refractivity contribution in [1.29, 1.82) is 0 Å². The van der Waals surface area contributed by atoms with Gasteiger partial charge in [0.1, 0.15) is 5.75 Å². The molecule has 0 aliphatic rings. The summed E-state index contributed by atoms with van der Waals surface area (Å²) in [5.74, 6) is -3.96. The molecule has 1 N–H and O–H groups in total. The summed E-state index contributed by atoms with van der Waals surface area (Å²) in [6, 6.07) is 5.16. The second-order valence-electron chi connectivity index (χ2n) is 3.07. The molecule has 0 heterocycles. The minimum atomic E-state index is -5.23. The number of amides is 1. The van der Waals surface area contributed by atoms with Gasteiger partial charge in [-0.15, -0.1) is 0 Å². The summed E-state index contributed by atoms with van der Waals surface area (Å²) < 4.78 is 51.9. The van der Waals surface area contributed by atoms with E-state index < -0.39 is 24.9 Å². The highest BCUT2D eigenvalue weighted by atomic mass is 19.4. The smallest absolute Gasteiger partial charge is 0.462 e. The number of rotatable bonds is 3. The Morgan fingerprint density at radius 3 is 2.42 bits per heavy atom. The monoisotopic (exact) mass is 281 g/mol. The Hall–Kier alpha value is -2.32. The summed E-state index contributed by atoms with van der Waals surface area (Å²) in [5.41, 5.74) is 1.01. The molecule has 1 aromatic rings. The van der Waals surface area contributed by atoms with E-state index in [9.17, 15) is 27.2 Å². The fourth-order valence-electron chi connectivity index (χ4n) is 1.04. The molecule has 0 radical (unpaired) electrons. The number of hydroxylamine groups is 1. The Bertz CT molecular complexity index is 475. The first-order chi connectivity index (χ1) is 8.86. The van der Waals surface area contributed by atoms with Crippen LogP contribution in [0.1, 0.15) is 10.4 Å². The van der Waals surface area contributed by atoms with Crippen molar-refractivity contribution in [3.05, 3.63) is 29.8 Å². The maximum Gasteiger partial charge on any atom is 0.493 e. The van der Waals surface area contributed by atoms with Crippen LogP contribution in [0, 0.1) is 0 Å². The van der Waals surface area contributed by atoms with E-state index in [-0.39, 0.29) is 11.3 Å². The van der Waals surface area contributed by atoms with E-state index in [0.717, 1.165) is 6.07 Å². The molecular weight excluding hydrogens is 274 g/mol. The van der Waals surface area contributed by atoms with Gasteiger partial charge in [0.15, 0.2) is 0 Å². The molecule has 0 fully saturated rings. The topological polar surface area (TPSA) is 64.6 Å². The number of hydrogen-bond donors (Lipinski definition) is 1. The number of benzene rings is 1. The summed E-state index contributed by atoms with van der Waals surface area (Å²) in [4.78, 5) is 25.3. The van der Waals surface area contributed by atoms with Gasteiger partial charge < -0.3 is 9.57 Å². The first-order valence-electron chi connectivity index (χ1n) is 4.72. The molecule has 0 atom stereocenters. The van der Waals surface area contributed by atoms with Gasteiger partial charge in [-0.2, -0.15) is 18.7 Å². The van der Waals surface area contributed by atoms with Crippen molar-refractivity contribution in [3.63, 3.8) is 0 Å². The molecule has 0 aromatic heterocycles. The summed E-state index contributed by atoms with van der Waals surface area (Å²) in [7, 11) is 0. The number of ether oxygens (including phenoxy) is 1. The predicted molar refractivity (Wildman–Crippen MR) is 52.7 cm³/mol. The SMILES string of the molecule is O=C(NOC(=O)C(F)(F)F)c1ccccc1OCF. The molecular formula is C10H7F4NO4.